The van der Waals surface area contributed by atoms with Crippen LogP contribution in [0.3, 0.4) is 0 Å². The molecule has 1 aliphatic rings. The van der Waals surface area contributed by atoms with E-state index in [0.29, 0.717) is 12.3 Å². The number of carbonyl (C=O) groups is 1. The summed E-state index contributed by atoms with van der Waals surface area (Å²) in [6.45, 7) is 5.58. The van der Waals surface area contributed by atoms with Crippen molar-refractivity contribution in [2.45, 2.75) is 32.2 Å². The Balaban J connectivity index is 0.00000392. The third-order valence-corrected chi connectivity index (χ3v) is 5.22. The lowest BCUT2D eigenvalue weighted by Crippen LogP contribution is -2.46. The topological polar surface area (TPSA) is 60.0 Å². The number of hydrogen-bond donors (Lipinski definition) is 2. The van der Waals surface area contributed by atoms with Crippen LogP contribution in [0.5, 0.6) is 0 Å². The number of amides is 1. The zero-order chi connectivity index (χ0) is 19.6. The van der Waals surface area contributed by atoms with E-state index in [4.69, 9.17) is 4.99 Å². The summed E-state index contributed by atoms with van der Waals surface area (Å²) < 4.78 is 0. The molecule has 1 atom stereocenters. The van der Waals surface area contributed by atoms with Crippen LogP contribution in [0.4, 0.5) is 0 Å². The number of likely N-dealkylation sites (N-methyl/N-ethyl adjacent to an activating group) is 1. The average Bonchev–Trinajstić information content (AvgIpc) is 2.68. The second kappa shape index (κ2) is 13.0. The number of hydrogen-bond acceptors (Lipinski definition) is 3. The van der Waals surface area contributed by atoms with Crippen molar-refractivity contribution in [2.24, 2.45) is 10.9 Å². The fourth-order valence-electron chi connectivity index (χ4n) is 3.55. The molecule has 1 aromatic carbocycles. The van der Waals surface area contributed by atoms with Crippen LogP contribution in [0.15, 0.2) is 35.3 Å². The molecule has 1 fully saturated rings. The van der Waals surface area contributed by atoms with Gasteiger partial charge in [0.05, 0.1) is 12.6 Å². The molecule has 1 saturated heterocycles. The SMILES string of the molecule is CCNC(=NCC(c1ccccc1)N(C)C)N1CCC(CC(=O)NC)CC1.I. The number of nitrogens with one attached hydrogen (secondary N) is 2. The largest absolute Gasteiger partial charge is 0.359 e. The van der Waals surface area contributed by atoms with Gasteiger partial charge in [0.15, 0.2) is 5.96 Å². The highest BCUT2D eigenvalue weighted by molar-refractivity contribution is 14.0. The van der Waals surface area contributed by atoms with Crippen LogP contribution in [0.1, 0.15) is 37.8 Å². The maximum absolute atomic E-state index is 11.6. The molecular weight excluding hydrogens is 465 g/mol. The summed E-state index contributed by atoms with van der Waals surface area (Å²) in [5, 5.41) is 6.18. The molecule has 0 spiro atoms. The molecule has 1 aliphatic heterocycles. The van der Waals surface area contributed by atoms with Crippen LogP contribution in [0.2, 0.25) is 0 Å². The van der Waals surface area contributed by atoms with E-state index in [9.17, 15) is 4.79 Å². The Kier molecular flexibility index (Phi) is 11.4. The van der Waals surface area contributed by atoms with Crippen LogP contribution < -0.4 is 10.6 Å². The van der Waals surface area contributed by atoms with Crippen molar-refractivity contribution >= 4 is 35.8 Å². The maximum Gasteiger partial charge on any atom is 0.220 e. The minimum Gasteiger partial charge on any atom is -0.359 e. The molecule has 1 unspecified atom stereocenters. The van der Waals surface area contributed by atoms with Gasteiger partial charge in [-0.05, 0) is 45.3 Å². The van der Waals surface area contributed by atoms with E-state index < -0.39 is 0 Å². The third kappa shape index (κ3) is 7.58. The highest BCUT2D eigenvalue weighted by atomic mass is 127. The molecule has 0 bridgehead atoms. The quantitative estimate of drug-likeness (QED) is 0.343. The van der Waals surface area contributed by atoms with Gasteiger partial charge in [0.25, 0.3) is 0 Å². The van der Waals surface area contributed by atoms with Crippen molar-refractivity contribution in [3.63, 3.8) is 0 Å². The Morgan fingerprint density at radius 2 is 1.89 bits per heavy atom. The van der Waals surface area contributed by atoms with E-state index in [1.54, 1.807) is 7.05 Å². The molecular formula is C21H36IN5O. The van der Waals surface area contributed by atoms with Crippen LogP contribution in [-0.4, -0.2) is 69.0 Å². The molecule has 2 rings (SSSR count). The van der Waals surface area contributed by atoms with E-state index in [0.717, 1.165) is 45.0 Å². The second-order valence-corrected chi connectivity index (χ2v) is 7.39. The lowest BCUT2D eigenvalue weighted by Gasteiger charge is -2.34. The van der Waals surface area contributed by atoms with Crippen molar-refractivity contribution in [1.29, 1.82) is 0 Å². The smallest absolute Gasteiger partial charge is 0.220 e. The molecule has 0 aliphatic carbocycles. The summed E-state index contributed by atoms with van der Waals surface area (Å²) >= 11 is 0. The van der Waals surface area contributed by atoms with E-state index in [2.05, 4.69) is 65.7 Å². The van der Waals surface area contributed by atoms with Gasteiger partial charge >= 0.3 is 0 Å². The summed E-state index contributed by atoms with van der Waals surface area (Å²) in [7, 11) is 5.91. The first-order valence-electron chi connectivity index (χ1n) is 10.00. The zero-order valence-electron chi connectivity index (χ0n) is 17.6. The number of carbonyl (C=O) groups excluding carboxylic acids is 1. The summed E-state index contributed by atoms with van der Waals surface area (Å²) in [4.78, 5) is 21.1. The van der Waals surface area contributed by atoms with Crippen molar-refractivity contribution in [3.05, 3.63) is 35.9 Å². The molecule has 2 N–H and O–H groups in total. The molecule has 6 nitrogen and oxygen atoms in total. The lowest BCUT2D eigenvalue weighted by molar-refractivity contribution is -0.121. The van der Waals surface area contributed by atoms with Gasteiger partial charge in [-0.3, -0.25) is 9.79 Å². The Morgan fingerprint density at radius 3 is 2.43 bits per heavy atom. The molecule has 1 aromatic rings. The van der Waals surface area contributed by atoms with E-state index in [-0.39, 0.29) is 35.9 Å². The summed E-state index contributed by atoms with van der Waals surface area (Å²) in [5.41, 5.74) is 1.28. The molecule has 7 heteroatoms. The highest BCUT2D eigenvalue weighted by Gasteiger charge is 2.23. The Labute approximate surface area is 187 Å². The summed E-state index contributed by atoms with van der Waals surface area (Å²) in [6, 6.07) is 10.8. The first-order chi connectivity index (χ1) is 13.0. The van der Waals surface area contributed by atoms with Crippen molar-refractivity contribution in [3.8, 4) is 0 Å². The van der Waals surface area contributed by atoms with Crippen molar-refractivity contribution in [2.75, 3.05) is 47.3 Å². The average molecular weight is 501 g/mol. The number of nitrogens with zero attached hydrogens (tertiary/aromatic N) is 3. The van der Waals surface area contributed by atoms with Crippen LogP contribution in [-0.2, 0) is 4.79 Å². The maximum atomic E-state index is 11.6. The molecule has 0 radical (unpaired) electrons. The van der Waals surface area contributed by atoms with Gasteiger partial charge in [-0.2, -0.15) is 0 Å². The number of guanidine groups is 1. The molecule has 0 saturated carbocycles. The minimum absolute atomic E-state index is 0. The number of rotatable bonds is 7. The standard InChI is InChI=1S/C21H35N5O.HI/c1-5-23-21(26-13-11-17(12-14-26)15-20(27)22-2)24-16-19(25(3)4)18-9-7-6-8-10-18;/h6-10,17,19H,5,11-16H2,1-4H3,(H,22,27)(H,23,24);1H. The Morgan fingerprint density at radius 1 is 1.25 bits per heavy atom. The van der Waals surface area contributed by atoms with Crippen molar-refractivity contribution in [1.82, 2.24) is 20.4 Å². The summed E-state index contributed by atoms with van der Waals surface area (Å²) in [5.74, 6) is 1.60. The Bertz CT molecular complexity index is 600. The van der Waals surface area contributed by atoms with Crippen LogP contribution in [0.25, 0.3) is 0 Å². The minimum atomic E-state index is 0. The molecule has 1 heterocycles. The highest BCUT2D eigenvalue weighted by Crippen LogP contribution is 2.21. The number of benzene rings is 1. The number of aliphatic imine (C=N–C) groups is 1. The van der Waals surface area contributed by atoms with Gasteiger partial charge in [-0.25, -0.2) is 0 Å². The number of halogens is 1. The van der Waals surface area contributed by atoms with Gasteiger partial charge in [0, 0.05) is 33.1 Å². The predicted molar refractivity (Wildman–Crippen MR) is 127 cm³/mol. The molecule has 1 amide bonds. The van der Waals surface area contributed by atoms with Crippen molar-refractivity contribution < 1.29 is 4.79 Å². The first kappa shape index (κ1) is 24.7. The predicted octanol–water partition coefficient (Wildman–Crippen LogP) is 2.72. The van der Waals surface area contributed by atoms with Gasteiger partial charge in [-0.15, -0.1) is 24.0 Å². The van der Waals surface area contributed by atoms with Gasteiger partial charge in [-0.1, -0.05) is 30.3 Å². The van der Waals surface area contributed by atoms with Crippen LogP contribution >= 0.6 is 24.0 Å². The molecule has 28 heavy (non-hydrogen) atoms. The van der Waals surface area contributed by atoms with E-state index >= 15 is 0 Å². The normalized spacial score (nSPS) is 16.5. The van der Waals surface area contributed by atoms with E-state index in [1.165, 1.54) is 5.56 Å². The van der Waals surface area contributed by atoms with E-state index in [1.807, 2.05) is 6.07 Å². The fourth-order valence-corrected chi connectivity index (χ4v) is 3.55. The Hall–Kier alpha value is -1.35. The fraction of sp³-hybridized carbons (Fsp3) is 0.619. The molecule has 0 aromatic heterocycles. The van der Waals surface area contributed by atoms with Gasteiger partial charge < -0.3 is 20.4 Å². The lowest BCUT2D eigenvalue weighted by atomic mass is 9.93. The van der Waals surface area contributed by atoms with Crippen LogP contribution in [0, 0.1) is 5.92 Å². The first-order valence-corrected chi connectivity index (χ1v) is 10.00. The molecule has 158 valence electrons. The monoisotopic (exact) mass is 501 g/mol. The second-order valence-electron chi connectivity index (χ2n) is 7.39. The van der Waals surface area contributed by atoms with Gasteiger partial charge in [0.1, 0.15) is 0 Å². The number of piperidine rings is 1. The number of likely N-dealkylation sites (tertiary alicyclic amines) is 1. The summed E-state index contributed by atoms with van der Waals surface area (Å²) in [6.07, 6.45) is 2.70. The zero-order valence-corrected chi connectivity index (χ0v) is 20.0. The third-order valence-electron chi connectivity index (χ3n) is 5.22. The van der Waals surface area contributed by atoms with Gasteiger partial charge in [0.2, 0.25) is 5.91 Å².